The Morgan fingerprint density at radius 2 is 1.69 bits per heavy atom. The van der Waals surface area contributed by atoms with E-state index in [0.717, 1.165) is 50.8 Å². The van der Waals surface area contributed by atoms with Crippen LogP contribution in [-0.2, 0) is 22.4 Å². The number of hydrogen-bond acceptors (Lipinski definition) is 2. The molecule has 36 heavy (non-hydrogen) atoms. The summed E-state index contributed by atoms with van der Waals surface area (Å²) in [4.78, 5) is 34.2. The molecule has 2 amide bonds. The number of nitrogens with one attached hydrogen (secondary N) is 1. The zero-order valence-electron chi connectivity index (χ0n) is 21.9. The maximum Gasteiger partial charge on any atom is 0.226 e. The summed E-state index contributed by atoms with van der Waals surface area (Å²) in [5, 5.41) is 1.30. The zero-order valence-corrected chi connectivity index (χ0v) is 21.9. The molecule has 1 aliphatic heterocycles. The van der Waals surface area contributed by atoms with Gasteiger partial charge in [-0.1, -0.05) is 62.4 Å². The van der Waals surface area contributed by atoms with Crippen LogP contribution in [0.15, 0.2) is 54.6 Å². The number of hydrogen-bond donors (Lipinski definition) is 1. The summed E-state index contributed by atoms with van der Waals surface area (Å²) in [7, 11) is 1.92. The molecule has 1 aliphatic carbocycles. The van der Waals surface area contributed by atoms with Crippen molar-refractivity contribution in [3.63, 3.8) is 0 Å². The fourth-order valence-electron chi connectivity index (χ4n) is 6.43. The fraction of sp³-hybridized carbons (Fsp3) is 0.484. The Hall–Kier alpha value is -3.08. The lowest BCUT2D eigenvalue weighted by atomic mass is 9.80. The molecule has 1 saturated carbocycles. The number of amides is 2. The molecule has 0 saturated heterocycles. The largest absolute Gasteiger partial charge is 0.356 e. The predicted molar refractivity (Wildman–Crippen MR) is 145 cm³/mol. The zero-order chi connectivity index (χ0) is 25.2. The Morgan fingerprint density at radius 3 is 2.42 bits per heavy atom. The molecule has 1 unspecified atom stereocenters. The number of aromatic nitrogens is 1. The SMILES string of the molecule is CC(C)C1c2[nH]c3ccccc3c2CCN1C(=O)C1CCC(CN(C)C(=O)Cc2ccccc2)CC1. The number of rotatable bonds is 6. The van der Waals surface area contributed by atoms with Gasteiger partial charge in [-0.25, -0.2) is 0 Å². The van der Waals surface area contributed by atoms with Gasteiger partial charge in [-0.05, 0) is 61.1 Å². The normalized spacial score (nSPS) is 22.0. The van der Waals surface area contributed by atoms with Gasteiger partial charge in [0.05, 0.1) is 12.5 Å². The lowest BCUT2D eigenvalue weighted by Crippen LogP contribution is -2.46. The maximum atomic E-state index is 13.8. The van der Waals surface area contributed by atoms with E-state index in [4.69, 9.17) is 0 Å². The Labute approximate surface area is 214 Å². The van der Waals surface area contributed by atoms with E-state index < -0.39 is 0 Å². The van der Waals surface area contributed by atoms with Crippen LogP contribution >= 0.6 is 0 Å². The summed E-state index contributed by atoms with van der Waals surface area (Å²) in [5.41, 5.74) is 4.86. The molecule has 2 aliphatic rings. The smallest absolute Gasteiger partial charge is 0.226 e. The standard InChI is InChI=1S/C31H39N3O2/c1-21(2)30-29-26(25-11-7-8-12-27(25)32-29)17-18-34(30)31(36)24-15-13-23(14-16-24)20-33(3)28(35)19-22-9-5-4-6-10-22/h4-12,21,23-24,30,32H,13-20H2,1-3H3. The average molecular weight is 486 g/mol. The number of aromatic amines is 1. The van der Waals surface area contributed by atoms with Crippen molar-refractivity contribution in [3.05, 3.63) is 71.4 Å². The minimum absolute atomic E-state index is 0.0961. The monoisotopic (exact) mass is 485 g/mol. The fourth-order valence-corrected chi connectivity index (χ4v) is 6.43. The summed E-state index contributed by atoms with van der Waals surface area (Å²) in [6.07, 6.45) is 5.23. The van der Waals surface area contributed by atoms with E-state index in [0.29, 0.717) is 24.2 Å². The number of benzene rings is 2. The number of H-pyrrole nitrogens is 1. The lowest BCUT2D eigenvalue weighted by molar-refractivity contribution is -0.141. The Kier molecular flexibility index (Phi) is 7.17. The first-order valence-electron chi connectivity index (χ1n) is 13.6. The van der Waals surface area contributed by atoms with Gasteiger partial charge in [0, 0.05) is 42.7 Å². The van der Waals surface area contributed by atoms with E-state index in [1.165, 1.54) is 22.2 Å². The van der Waals surface area contributed by atoms with Crippen LogP contribution in [0.2, 0.25) is 0 Å². The molecule has 2 aromatic carbocycles. The molecule has 5 heteroatoms. The van der Waals surface area contributed by atoms with Gasteiger partial charge in [-0.3, -0.25) is 9.59 Å². The number of carbonyl (C=O) groups is 2. The highest BCUT2D eigenvalue weighted by Crippen LogP contribution is 2.40. The van der Waals surface area contributed by atoms with Gasteiger partial charge in [0.1, 0.15) is 0 Å². The van der Waals surface area contributed by atoms with Crippen LogP contribution in [-0.4, -0.2) is 46.7 Å². The maximum absolute atomic E-state index is 13.8. The van der Waals surface area contributed by atoms with Gasteiger partial charge in [0.2, 0.25) is 11.8 Å². The molecular weight excluding hydrogens is 446 g/mol. The average Bonchev–Trinajstić information content (AvgIpc) is 3.27. The molecule has 0 spiro atoms. The van der Waals surface area contributed by atoms with E-state index in [2.05, 4.69) is 48.0 Å². The van der Waals surface area contributed by atoms with Crippen LogP contribution in [0.25, 0.3) is 10.9 Å². The first kappa shape index (κ1) is 24.6. The van der Waals surface area contributed by atoms with E-state index in [1.807, 2.05) is 42.3 Å². The molecule has 3 aromatic rings. The second-order valence-electron chi connectivity index (χ2n) is 11.2. The minimum atomic E-state index is 0.0961. The summed E-state index contributed by atoms with van der Waals surface area (Å²) in [6, 6.07) is 18.6. The number of fused-ring (bicyclic) bond motifs is 3. The first-order chi connectivity index (χ1) is 17.4. The lowest BCUT2D eigenvalue weighted by Gasteiger charge is -2.41. The Balaban J connectivity index is 1.19. The van der Waals surface area contributed by atoms with Crippen LogP contribution < -0.4 is 0 Å². The summed E-state index contributed by atoms with van der Waals surface area (Å²) >= 11 is 0. The van der Waals surface area contributed by atoms with Crippen LogP contribution in [0.1, 0.15) is 62.4 Å². The van der Waals surface area contributed by atoms with Gasteiger partial charge in [-0.15, -0.1) is 0 Å². The van der Waals surface area contributed by atoms with Crippen molar-refractivity contribution < 1.29 is 9.59 Å². The quantitative estimate of drug-likeness (QED) is 0.483. The number of nitrogens with zero attached hydrogens (tertiary/aromatic N) is 2. The van der Waals surface area contributed by atoms with Crippen molar-refractivity contribution in [1.82, 2.24) is 14.8 Å². The van der Waals surface area contributed by atoms with Crippen molar-refractivity contribution in [1.29, 1.82) is 0 Å². The second-order valence-corrected chi connectivity index (χ2v) is 11.2. The van der Waals surface area contributed by atoms with E-state index in [-0.39, 0.29) is 17.9 Å². The number of carbonyl (C=O) groups excluding carboxylic acids is 2. The summed E-state index contributed by atoms with van der Waals surface area (Å²) < 4.78 is 0. The van der Waals surface area contributed by atoms with Gasteiger partial charge in [0.15, 0.2) is 0 Å². The topological polar surface area (TPSA) is 56.4 Å². The van der Waals surface area contributed by atoms with Crippen LogP contribution in [0.3, 0.4) is 0 Å². The molecule has 2 heterocycles. The first-order valence-corrected chi connectivity index (χ1v) is 13.6. The summed E-state index contributed by atoms with van der Waals surface area (Å²) in [5.74, 6) is 1.41. The molecule has 5 nitrogen and oxygen atoms in total. The molecule has 1 N–H and O–H groups in total. The second kappa shape index (κ2) is 10.5. The Bertz CT molecular complexity index is 1210. The van der Waals surface area contributed by atoms with Gasteiger partial charge < -0.3 is 14.8 Å². The van der Waals surface area contributed by atoms with Crippen LogP contribution in [0, 0.1) is 17.8 Å². The third-order valence-corrected chi connectivity index (χ3v) is 8.35. The van der Waals surface area contributed by atoms with Crippen molar-refractivity contribution >= 4 is 22.7 Å². The third kappa shape index (κ3) is 4.93. The van der Waals surface area contributed by atoms with Crippen molar-refractivity contribution in [2.45, 2.75) is 58.4 Å². The van der Waals surface area contributed by atoms with Crippen LogP contribution in [0.5, 0.6) is 0 Å². The van der Waals surface area contributed by atoms with Crippen molar-refractivity contribution in [2.75, 3.05) is 20.1 Å². The molecule has 1 fully saturated rings. The molecule has 190 valence electrons. The van der Waals surface area contributed by atoms with Gasteiger partial charge in [-0.2, -0.15) is 0 Å². The molecule has 5 rings (SSSR count). The minimum Gasteiger partial charge on any atom is -0.356 e. The molecular formula is C31H39N3O2. The highest BCUT2D eigenvalue weighted by atomic mass is 16.2. The summed E-state index contributed by atoms with van der Waals surface area (Å²) in [6.45, 7) is 6.03. The molecule has 1 aromatic heterocycles. The van der Waals surface area contributed by atoms with Gasteiger partial charge in [0.25, 0.3) is 0 Å². The number of likely N-dealkylation sites (N-methyl/N-ethyl adjacent to an activating group) is 1. The molecule has 0 bridgehead atoms. The predicted octanol–water partition coefficient (Wildman–Crippen LogP) is 5.76. The van der Waals surface area contributed by atoms with E-state index in [1.54, 1.807) is 0 Å². The van der Waals surface area contributed by atoms with Crippen molar-refractivity contribution in [2.24, 2.45) is 17.8 Å². The van der Waals surface area contributed by atoms with E-state index in [9.17, 15) is 9.59 Å². The van der Waals surface area contributed by atoms with Crippen LogP contribution in [0.4, 0.5) is 0 Å². The molecule has 0 radical (unpaired) electrons. The third-order valence-electron chi connectivity index (χ3n) is 8.35. The Morgan fingerprint density at radius 1 is 1.00 bits per heavy atom. The van der Waals surface area contributed by atoms with E-state index >= 15 is 0 Å². The van der Waals surface area contributed by atoms with Gasteiger partial charge >= 0.3 is 0 Å². The molecule has 1 atom stereocenters. The van der Waals surface area contributed by atoms with Crippen molar-refractivity contribution in [3.8, 4) is 0 Å². The highest BCUT2D eigenvalue weighted by molar-refractivity contribution is 5.86. The highest BCUT2D eigenvalue weighted by Gasteiger charge is 2.38. The number of para-hydroxylation sites is 1.